The number of methoxy groups -OCH3 is 1. The number of benzene rings is 1. The van der Waals surface area contributed by atoms with Crippen molar-refractivity contribution < 1.29 is 14.6 Å². The van der Waals surface area contributed by atoms with Crippen molar-refractivity contribution in [3.8, 4) is 5.75 Å². The molecule has 1 saturated heterocycles. The first-order chi connectivity index (χ1) is 10.3. The molecule has 0 aromatic heterocycles. The summed E-state index contributed by atoms with van der Waals surface area (Å²) >= 11 is 0. The topological polar surface area (TPSA) is 41.9 Å². The van der Waals surface area contributed by atoms with Gasteiger partial charge in [-0.1, -0.05) is 12.1 Å². The molecule has 1 aliphatic carbocycles. The molecule has 1 aromatic rings. The highest BCUT2D eigenvalue weighted by Gasteiger charge is 2.32. The summed E-state index contributed by atoms with van der Waals surface area (Å²) in [5.41, 5.74) is 0.933. The standard InChI is InChI=1S/C17H25NO3/c1-20-16-4-2-3-14(9-16)17(19)11-18(15-5-6-15)10-13-7-8-21-12-13/h2-4,9,13,15,17,19H,5-8,10-12H2,1H3. The minimum atomic E-state index is -0.456. The average Bonchev–Trinajstić information content (AvgIpc) is 3.24. The average molecular weight is 291 g/mol. The van der Waals surface area contributed by atoms with Gasteiger partial charge in [0, 0.05) is 25.7 Å². The van der Waals surface area contributed by atoms with E-state index >= 15 is 0 Å². The maximum atomic E-state index is 10.5. The van der Waals surface area contributed by atoms with Gasteiger partial charge in [-0.15, -0.1) is 0 Å². The second-order valence-electron chi connectivity index (χ2n) is 6.21. The first-order valence-electron chi connectivity index (χ1n) is 7.90. The van der Waals surface area contributed by atoms with E-state index in [1.54, 1.807) is 7.11 Å². The van der Waals surface area contributed by atoms with Crippen molar-refractivity contribution in [2.24, 2.45) is 5.92 Å². The van der Waals surface area contributed by atoms with Gasteiger partial charge in [-0.25, -0.2) is 0 Å². The van der Waals surface area contributed by atoms with Gasteiger partial charge in [0.1, 0.15) is 5.75 Å². The van der Waals surface area contributed by atoms with E-state index in [0.29, 0.717) is 18.5 Å². The fraction of sp³-hybridized carbons (Fsp3) is 0.647. The van der Waals surface area contributed by atoms with Crippen molar-refractivity contribution in [3.63, 3.8) is 0 Å². The molecule has 4 nitrogen and oxygen atoms in total. The number of nitrogens with zero attached hydrogens (tertiary/aromatic N) is 1. The molecule has 0 bridgehead atoms. The minimum Gasteiger partial charge on any atom is -0.497 e. The molecule has 1 saturated carbocycles. The third-order valence-electron chi connectivity index (χ3n) is 4.47. The molecule has 1 N–H and O–H groups in total. The lowest BCUT2D eigenvalue weighted by atomic mass is 10.1. The van der Waals surface area contributed by atoms with Crippen LogP contribution in [0.1, 0.15) is 30.9 Å². The second kappa shape index (κ2) is 6.77. The van der Waals surface area contributed by atoms with E-state index in [-0.39, 0.29) is 0 Å². The van der Waals surface area contributed by atoms with Crippen LogP contribution in [0.15, 0.2) is 24.3 Å². The first kappa shape index (κ1) is 14.8. The molecule has 1 heterocycles. The van der Waals surface area contributed by atoms with E-state index < -0.39 is 6.10 Å². The molecule has 0 radical (unpaired) electrons. The molecule has 0 spiro atoms. The predicted molar refractivity (Wildman–Crippen MR) is 81.5 cm³/mol. The zero-order chi connectivity index (χ0) is 14.7. The van der Waals surface area contributed by atoms with Gasteiger partial charge in [0.25, 0.3) is 0 Å². The summed E-state index contributed by atoms with van der Waals surface area (Å²) in [7, 11) is 1.65. The van der Waals surface area contributed by atoms with Crippen molar-refractivity contribution in [2.45, 2.75) is 31.4 Å². The van der Waals surface area contributed by atoms with Crippen molar-refractivity contribution in [1.82, 2.24) is 4.90 Å². The number of aliphatic hydroxyl groups is 1. The number of aliphatic hydroxyl groups excluding tert-OH is 1. The Morgan fingerprint density at radius 2 is 2.24 bits per heavy atom. The maximum Gasteiger partial charge on any atom is 0.119 e. The van der Waals surface area contributed by atoms with Crippen molar-refractivity contribution in [2.75, 3.05) is 33.4 Å². The molecular formula is C17H25NO3. The summed E-state index contributed by atoms with van der Waals surface area (Å²) < 4.78 is 10.7. The molecule has 116 valence electrons. The highest BCUT2D eigenvalue weighted by Crippen LogP contribution is 2.31. The summed E-state index contributed by atoms with van der Waals surface area (Å²) in [6.07, 6.45) is 3.22. The molecule has 1 aromatic carbocycles. The Bertz CT molecular complexity index is 455. The molecule has 4 heteroatoms. The third-order valence-corrected chi connectivity index (χ3v) is 4.47. The fourth-order valence-corrected chi connectivity index (χ4v) is 3.05. The van der Waals surface area contributed by atoms with Crippen LogP contribution in [0.25, 0.3) is 0 Å². The maximum absolute atomic E-state index is 10.5. The van der Waals surface area contributed by atoms with Crippen molar-refractivity contribution in [1.29, 1.82) is 0 Å². The van der Waals surface area contributed by atoms with E-state index in [2.05, 4.69) is 4.90 Å². The smallest absolute Gasteiger partial charge is 0.119 e. The zero-order valence-electron chi connectivity index (χ0n) is 12.7. The van der Waals surface area contributed by atoms with Gasteiger partial charge in [-0.2, -0.15) is 0 Å². The number of rotatable bonds is 7. The number of hydrogen-bond donors (Lipinski definition) is 1. The summed E-state index contributed by atoms with van der Waals surface area (Å²) in [5.74, 6) is 1.43. The van der Waals surface area contributed by atoms with Crippen LogP contribution in [0, 0.1) is 5.92 Å². The summed E-state index contributed by atoms with van der Waals surface area (Å²) in [6.45, 7) is 3.51. The van der Waals surface area contributed by atoms with Gasteiger partial charge in [0.05, 0.1) is 19.8 Å². The highest BCUT2D eigenvalue weighted by molar-refractivity contribution is 5.30. The van der Waals surface area contributed by atoms with Gasteiger partial charge in [-0.3, -0.25) is 4.90 Å². The van der Waals surface area contributed by atoms with Gasteiger partial charge in [0.15, 0.2) is 0 Å². The van der Waals surface area contributed by atoms with E-state index in [9.17, 15) is 5.11 Å². The Labute approximate surface area is 126 Å². The summed E-state index contributed by atoms with van der Waals surface area (Å²) in [4.78, 5) is 2.45. The van der Waals surface area contributed by atoms with Crippen LogP contribution in [0.5, 0.6) is 5.75 Å². The highest BCUT2D eigenvalue weighted by atomic mass is 16.5. The Morgan fingerprint density at radius 3 is 2.90 bits per heavy atom. The fourth-order valence-electron chi connectivity index (χ4n) is 3.05. The normalized spacial score (nSPS) is 23.5. The molecule has 21 heavy (non-hydrogen) atoms. The first-order valence-corrected chi connectivity index (χ1v) is 7.90. The quantitative estimate of drug-likeness (QED) is 0.836. The van der Waals surface area contributed by atoms with E-state index in [1.807, 2.05) is 24.3 Å². The molecule has 3 rings (SSSR count). The lowest BCUT2D eigenvalue weighted by Crippen LogP contribution is -2.35. The van der Waals surface area contributed by atoms with Gasteiger partial charge < -0.3 is 14.6 Å². The summed E-state index contributed by atoms with van der Waals surface area (Å²) in [5, 5.41) is 10.5. The molecular weight excluding hydrogens is 266 g/mol. The lowest BCUT2D eigenvalue weighted by molar-refractivity contribution is 0.0938. The molecule has 2 unspecified atom stereocenters. The molecule has 1 aliphatic heterocycles. The largest absolute Gasteiger partial charge is 0.497 e. The number of ether oxygens (including phenoxy) is 2. The molecule has 0 amide bonds. The predicted octanol–water partition coefficient (Wildman–Crippen LogP) is 2.23. The third kappa shape index (κ3) is 3.96. The van der Waals surface area contributed by atoms with Gasteiger partial charge >= 0.3 is 0 Å². The lowest BCUT2D eigenvalue weighted by Gasteiger charge is -2.27. The van der Waals surface area contributed by atoms with E-state index in [0.717, 1.165) is 37.5 Å². The second-order valence-corrected chi connectivity index (χ2v) is 6.21. The molecule has 2 fully saturated rings. The minimum absolute atomic E-state index is 0.456. The van der Waals surface area contributed by atoms with Gasteiger partial charge in [-0.05, 0) is 42.9 Å². The Balaban J connectivity index is 1.61. The van der Waals surface area contributed by atoms with Crippen LogP contribution in [0.2, 0.25) is 0 Å². The van der Waals surface area contributed by atoms with Crippen LogP contribution in [-0.4, -0.2) is 49.5 Å². The SMILES string of the molecule is COc1cccc(C(O)CN(CC2CCOC2)C2CC2)c1. The molecule has 2 aliphatic rings. The van der Waals surface area contributed by atoms with Crippen molar-refractivity contribution >= 4 is 0 Å². The number of hydrogen-bond acceptors (Lipinski definition) is 4. The van der Waals surface area contributed by atoms with Crippen molar-refractivity contribution in [3.05, 3.63) is 29.8 Å². The van der Waals surface area contributed by atoms with Crippen LogP contribution in [0.4, 0.5) is 0 Å². The Hall–Kier alpha value is -1.10. The van der Waals surface area contributed by atoms with Crippen LogP contribution < -0.4 is 4.74 Å². The molecule has 2 atom stereocenters. The van der Waals surface area contributed by atoms with Crippen LogP contribution >= 0.6 is 0 Å². The van der Waals surface area contributed by atoms with E-state index in [4.69, 9.17) is 9.47 Å². The Kier molecular flexibility index (Phi) is 4.78. The van der Waals surface area contributed by atoms with Crippen LogP contribution in [0.3, 0.4) is 0 Å². The van der Waals surface area contributed by atoms with Gasteiger partial charge in [0.2, 0.25) is 0 Å². The van der Waals surface area contributed by atoms with E-state index in [1.165, 1.54) is 12.8 Å². The van der Waals surface area contributed by atoms with Crippen LogP contribution in [-0.2, 0) is 4.74 Å². The monoisotopic (exact) mass is 291 g/mol. The summed E-state index contributed by atoms with van der Waals surface area (Å²) in [6, 6.07) is 8.39. The zero-order valence-corrected chi connectivity index (χ0v) is 12.7. The Morgan fingerprint density at radius 1 is 1.38 bits per heavy atom.